The molecule has 0 bridgehead atoms. The number of ether oxygens (including phenoxy) is 1. The normalized spacial score (nSPS) is 12.5. The maximum absolute atomic E-state index is 12.3. The van der Waals surface area contributed by atoms with Gasteiger partial charge in [0.1, 0.15) is 0 Å². The van der Waals surface area contributed by atoms with Gasteiger partial charge in [-0.15, -0.1) is 37.1 Å². The Bertz CT molecular complexity index is 515. The fourth-order valence-corrected chi connectivity index (χ4v) is 1.57. The Kier molecular flexibility index (Phi) is 8.67. The third-order valence-corrected chi connectivity index (χ3v) is 2.42. The van der Waals surface area contributed by atoms with E-state index in [0.29, 0.717) is 13.1 Å². The molecular weight excluding hydrogens is 424 g/mol. The molecule has 1 rings (SSSR count). The molecule has 0 fully saturated rings. The van der Waals surface area contributed by atoms with Crippen molar-refractivity contribution in [2.24, 2.45) is 10.7 Å². The number of nitrogens with zero attached hydrogens (tertiary/aromatic N) is 1. The molecule has 0 saturated carbocycles. The van der Waals surface area contributed by atoms with Gasteiger partial charge in [0.25, 0.3) is 0 Å². The Hall–Kier alpha value is -1.23. The maximum Gasteiger partial charge on any atom is 0.573 e. The highest BCUT2D eigenvalue weighted by atomic mass is 127. The van der Waals surface area contributed by atoms with Crippen LogP contribution >= 0.6 is 24.0 Å². The summed E-state index contributed by atoms with van der Waals surface area (Å²) in [4.78, 5) is 4.04. The average Bonchev–Trinajstić information content (AvgIpc) is 2.34. The number of hydrogen-bond donors (Lipinski definition) is 3. The summed E-state index contributed by atoms with van der Waals surface area (Å²) in [6.07, 6.45) is -4.76. The van der Waals surface area contributed by atoms with Crippen LogP contribution in [0.4, 0.5) is 18.9 Å². The van der Waals surface area contributed by atoms with E-state index in [0.717, 1.165) is 0 Å². The van der Waals surface area contributed by atoms with Crippen molar-refractivity contribution in [1.29, 1.82) is 0 Å². The predicted molar refractivity (Wildman–Crippen MR) is 96.4 cm³/mol. The highest BCUT2D eigenvalue weighted by molar-refractivity contribution is 14.0. The molecule has 0 radical (unpaired) electrons. The van der Waals surface area contributed by atoms with Gasteiger partial charge in [0.2, 0.25) is 0 Å². The molecule has 0 aromatic heterocycles. The number of guanidine groups is 1. The van der Waals surface area contributed by atoms with Crippen molar-refractivity contribution in [3.8, 4) is 5.75 Å². The standard InChI is InChI=1S/C14H21F3N4O.HI/c1-13(2,3)20-9-8-19-12(18)21-10-6-4-5-7-11(10)22-14(15,16)17;/h4-7,20H,8-9H2,1-3H3,(H3,18,19,21);1H. The fraction of sp³-hybridized carbons (Fsp3) is 0.500. The van der Waals surface area contributed by atoms with E-state index < -0.39 is 6.36 Å². The van der Waals surface area contributed by atoms with Crippen LogP contribution in [0.25, 0.3) is 0 Å². The number of para-hydroxylation sites is 2. The van der Waals surface area contributed by atoms with E-state index in [1.807, 2.05) is 20.8 Å². The number of rotatable bonds is 5. The largest absolute Gasteiger partial charge is 0.573 e. The maximum atomic E-state index is 12.3. The third kappa shape index (κ3) is 10.2. The highest BCUT2D eigenvalue weighted by Crippen LogP contribution is 2.29. The molecule has 0 amide bonds. The van der Waals surface area contributed by atoms with E-state index in [9.17, 15) is 13.2 Å². The summed E-state index contributed by atoms with van der Waals surface area (Å²) < 4.78 is 40.8. The van der Waals surface area contributed by atoms with Crippen molar-refractivity contribution < 1.29 is 17.9 Å². The molecule has 0 unspecified atom stereocenters. The average molecular weight is 446 g/mol. The van der Waals surface area contributed by atoms with Gasteiger partial charge in [-0.05, 0) is 32.9 Å². The zero-order chi connectivity index (χ0) is 16.8. The lowest BCUT2D eigenvalue weighted by Crippen LogP contribution is -2.37. The van der Waals surface area contributed by atoms with Crippen LogP contribution in [0.15, 0.2) is 29.3 Å². The summed E-state index contributed by atoms with van der Waals surface area (Å²) in [6.45, 7) is 7.06. The number of aliphatic imine (C=N–C) groups is 1. The Labute approximate surface area is 150 Å². The molecular formula is C14H22F3IN4O. The zero-order valence-corrected chi connectivity index (χ0v) is 15.5. The van der Waals surface area contributed by atoms with Crippen LogP contribution in [0.5, 0.6) is 5.75 Å². The van der Waals surface area contributed by atoms with Crippen LogP contribution in [0.2, 0.25) is 0 Å². The quantitative estimate of drug-likeness (QED) is 0.281. The van der Waals surface area contributed by atoms with Gasteiger partial charge in [-0.25, -0.2) is 0 Å². The molecule has 0 spiro atoms. The van der Waals surface area contributed by atoms with Crippen molar-refractivity contribution in [2.75, 3.05) is 18.4 Å². The minimum atomic E-state index is -4.76. The summed E-state index contributed by atoms with van der Waals surface area (Å²) in [5, 5.41) is 5.83. The second-order valence-corrected chi connectivity index (χ2v) is 5.61. The Morgan fingerprint density at radius 3 is 2.39 bits per heavy atom. The van der Waals surface area contributed by atoms with E-state index in [2.05, 4.69) is 20.4 Å². The Morgan fingerprint density at radius 2 is 1.83 bits per heavy atom. The molecule has 0 aliphatic heterocycles. The summed E-state index contributed by atoms with van der Waals surface area (Å²) in [7, 11) is 0. The highest BCUT2D eigenvalue weighted by Gasteiger charge is 2.32. The first kappa shape index (κ1) is 21.8. The molecule has 0 aliphatic carbocycles. The molecule has 1 aromatic rings. The number of nitrogens with two attached hydrogens (primary N) is 1. The van der Waals surface area contributed by atoms with Gasteiger partial charge in [0, 0.05) is 12.1 Å². The molecule has 9 heteroatoms. The monoisotopic (exact) mass is 446 g/mol. The van der Waals surface area contributed by atoms with Gasteiger partial charge in [-0.3, -0.25) is 4.99 Å². The summed E-state index contributed by atoms with van der Waals surface area (Å²) >= 11 is 0. The van der Waals surface area contributed by atoms with Crippen LogP contribution < -0.4 is 21.1 Å². The lowest BCUT2D eigenvalue weighted by molar-refractivity contribution is -0.274. The van der Waals surface area contributed by atoms with Gasteiger partial charge in [0.15, 0.2) is 11.7 Å². The topological polar surface area (TPSA) is 71.7 Å². The lowest BCUT2D eigenvalue weighted by Gasteiger charge is -2.19. The minimum absolute atomic E-state index is 0. The summed E-state index contributed by atoms with van der Waals surface area (Å²) in [6, 6.07) is 5.63. The van der Waals surface area contributed by atoms with Crippen molar-refractivity contribution in [3.63, 3.8) is 0 Å². The Morgan fingerprint density at radius 1 is 1.22 bits per heavy atom. The Balaban J connectivity index is 0.00000484. The minimum Gasteiger partial charge on any atom is -0.404 e. The first-order valence-electron chi connectivity index (χ1n) is 6.73. The van der Waals surface area contributed by atoms with Crippen LogP contribution in [0, 0.1) is 0 Å². The number of anilines is 1. The summed E-state index contributed by atoms with van der Waals surface area (Å²) in [5.74, 6) is -0.338. The first-order valence-corrected chi connectivity index (χ1v) is 6.73. The smallest absolute Gasteiger partial charge is 0.404 e. The predicted octanol–water partition coefficient (Wildman–Crippen LogP) is 3.32. The molecule has 0 saturated heterocycles. The van der Waals surface area contributed by atoms with E-state index in [-0.39, 0.29) is 46.9 Å². The molecule has 0 aliphatic rings. The van der Waals surface area contributed by atoms with Gasteiger partial charge in [-0.1, -0.05) is 12.1 Å². The number of alkyl halides is 3. The van der Waals surface area contributed by atoms with E-state index >= 15 is 0 Å². The zero-order valence-electron chi connectivity index (χ0n) is 13.2. The van der Waals surface area contributed by atoms with Crippen molar-refractivity contribution in [1.82, 2.24) is 5.32 Å². The molecule has 132 valence electrons. The number of benzene rings is 1. The molecule has 1 aromatic carbocycles. The van der Waals surface area contributed by atoms with Crippen molar-refractivity contribution >= 4 is 35.6 Å². The number of halogens is 4. The summed E-state index contributed by atoms with van der Waals surface area (Å²) in [5.41, 5.74) is 5.73. The second-order valence-electron chi connectivity index (χ2n) is 5.61. The van der Waals surface area contributed by atoms with Crippen LogP contribution in [0.3, 0.4) is 0 Å². The van der Waals surface area contributed by atoms with Crippen LogP contribution in [-0.2, 0) is 0 Å². The van der Waals surface area contributed by atoms with Gasteiger partial charge < -0.3 is 21.1 Å². The fourth-order valence-electron chi connectivity index (χ4n) is 1.57. The van der Waals surface area contributed by atoms with Gasteiger partial charge >= 0.3 is 6.36 Å². The van der Waals surface area contributed by atoms with E-state index in [1.54, 1.807) is 6.07 Å². The van der Waals surface area contributed by atoms with Crippen molar-refractivity contribution in [3.05, 3.63) is 24.3 Å². The van der Waals surface area contributed by atoms with Crippen molar-refractivity contribution in [2.45, 2.75) is 32.7 Å². The van der Waals surface area contributed by atoms with Crippen LogP contribution in [0.1, 0.15) is 20.8 Å². The van der Waals surface area contributed by atoms with Crippen LogP contribution in [-0.4, -0.2) is 31.0 Å². The molecule has 23 heavy (non-hydrogen) atoms. The first-order chi connectivity index (χ1) is 10.1. The lowest BCUT2D eigenvalue weighted by atomic mass is 10.1. The number of hydrogen-bond acceptors (Lipinski definition) is 3. The number of nitrogens with one attached hydrogen (secondary N) is 2. The van der Waals surface area contributed by atoms with Gasteiger partial charge in [-0.2, -0.15) is 0 Å². The van der Waals surface area contributed by atoms with E-state index in [4.69, 9.17) is 5.73 Å². The van der Waals surface area contributed by atoms with E-state index in [1.165, 1.54) is 18.2 Å². The molecule has 4 N–H and O–H groups in total. The van der Waals surface area contributed by atoms with Gasteiger partial charge in [0.05, 0.1) is 12.2 Å². The molecule has 0 heterocycles. The second kappa shape index (κ2) is 9.16. The third-order valence-electron chi connectivity index (χ3n) is 2.42. The molecule has 0 atom stereocenters. The molecule has 5 nitrogen and oxygen atoms in total. The SMILES string of the molecule is CC(C)(C)NCCN=C(N)Nc1ccccc1OC(F)(F)F.I.